The van der Waals surface area contributed by atoms with Crippen LogP contribution >= 0.6 is 27.5 Å². The molecule has 1 saturated heterocycles. The molecular weight excluding hydrogens is 402 g/mol. The third-order valence-electron chi connectivity index (χ3n) is 4.54. The number of likely N-dealkylation sites (tertiary alicyclic amines) is 1. The van der Waals surface area contributed by atoms with Gasteiger partial charge >= 0.3 is 0 Å². The second kappa shape index (κ2) is 6.73. The normalized spacial score (nSPS) is 17.2. The Balaban J connectivity index is 1.67. The van der Waals surface area contributed by atoms with E-state index in [1.165, 1.54) is 0 Å². The molecule has 126 valence electrons. The molecule has 4 nitrogen and oxygen atoms in total. The number of fused-ring (bicyclic) bond motifs is 1. The van der Waals surface area contributed by atoms with Gasteiger partial charge in [0.15, 0.2) is 0 Å². The van der Waals surface area contributed by atoms with Gasteiger partial charge in [0.2, 0.25) is 0 Å². The first-order chi connectivity index (χ1) is 12.1. The van der Waals surface area contributed by atoms with Gasteiger partial charge < -0.3 is 4.90 Å². The Morgan fingerprint density at radius 3 is 2.76 bits per heavy atom. The van der Waals surface area contributed by atoms with Gasteiger partial charge in [-0.25, -0.2) is 4.98 Å². The average Bonchev–Trinajstić information content (AvgIpc) is 3.11. The lowest BCUT2D eigenvalue weighted by molar-refractivity contribution is 0.0730. The van der Waals surface area contributed by atoms with Crippen LogP contribution < -0.4 is 0 Å². The highest BCUT2D eigenvalue weighted by Gasteiger charge is 2.31. The summed E-state index contributed by atoms with van der Waals surface area (Å²) < 4.78 is 0.787. The molecule has 3 heterocycles. The maximum atomic E-state index is 13.1. The van der Waals surface area contributed by atoms with Crippen LogP contribution in [0.2, 0.25) is 5.02 Å². The van der Waals surface area contributed by atoms with E-state index in [2.05, 4.69) is 25.9 Å². The number of carbonyl (C=O) groups is 1. The van der Waals surface area contributed by atoms with E-state index >= 15 is 0 Å². The van der Waals surface area contributed by atoms with E-state index in [0.29, 0.717) is 10.7 Å². The summed E-state index contributed by atoms with van der Waals surface area (Å²) in [5, 5.41) is 1.61. The fourth-order valence-electron chi connectivity index (χ4n) is 3.32. The molecule has 1 fully saturated rings. The monoisotopic (exact) mass is 415 g/mol. The first kappa shape index (κ1) is 16.5. The number of halogens is 2. The van der Waals surface area contributed by atoms with Gasteiger partial charge in [-0.15, -0.1) is 0 Å². The number of rotatable bonds is 2. The summed E-state index contributed by atoms with van der Waals surface area (Å²) in [5.41, 5.74) is 2.32. The van der Waals surface area contributed by atoms with Crippen molar-refractivity contribution in [3.63, 3.8) is 0 Å². The first-order valence-corrected chi connectivity index (χ1v) is 9.27. The van der Waals surface area contributed by atoms with Gasteiger partial charge in [-0.1, -0.05) is 23.7 Å². The molecule has 0 saturated carbocycles. The lowest BCUT2D eigenvalue weighted by Crippen LogP contribution is -2.31. The number of aromatic nitrogens is 2. The van der Waals surface area contributed by atoms with Gasteiger partial charge in [0.1, 0.15) is 5.69 Å². The molecular formula is C19H15BrClN3O. The van der Waals surface area contributed by atoms with Crippen LogP contribution in [0, 0.1) is 0 Å². The second-order valence-electron chi connectivity index (χ2n) is 6.10. The number of carbonyl (C=O) groups excluding carboxylic acids is 1. The Morgan fingerprint density at radius 2 is 1.96 bits per heavy atom. The zero-order chi connectivity index (χ0) is 17.4. The van der Waals surface area contributed by atoms with E-state index in [9.17, 15) is 4.79 Å². The molecule has 0 bridgehead atoms. The average molecular weight is 417 g/mol. The molecule has 4 rings (SSSR count). The van der Waals surface area contributed by atoms with E-state index in [1.807, 2.05) is 35.2 Å². The summed E-state index contributed by atoms with van der Waals surface area (Å²) >= 11 is 9.44. The number of hydrogen-bond acceptors (Lipinski definition) is 3. The maximum absolute atomic E-state index is 13.1. The summed E-state index contributed by atoms with van der Waals surface area (Å²) in [7, 11) is 0. The Morgan fingerprint density at radius 1 is 1.16 bits per heavy atom. The van der Waals surface area contributed by atoms with Gasteiger partial charge in [-0.2, -0.15) is 0 Å². The van der Waals surface area contributed by atoms with Gasteiger partial charge in [-0.05, 0) is 58.6 Å². The Labute approximate surface area is 159 Å². The van der Waals surface area contributed by atoms with Crippen LogP contribution in [0.3, 0.4) is 0 Å². The molecule has 1 atom stereocenters. The van der Waals surface area contributed by atoms with Crippen molar-refractivity contribution >= 4 is 44.3 Å². The van der Waals surface area contributed by atoms with Gasteiger partial charge in [-0.3, -0.25) is 9.78 Å². The largest absolute Gasteiger partial charge is 0.330 e. The van der Waals surface area contributed by atoms with E-state index in [-0.39, 0.29) is 11.9 Å². The molecule has 0 unspecified atom stereocenters. The molecule has 6 heteroatoms. The molecule has 0 N–H and O–H groups in total. The third kappa shape index (κ3) is 3.14. The number of benzene rings is 1. The van der Waals surface area contributed by atoms with Crippen LogP contribution in [-0.2, 0) is 0 Å². The summed E-state index contributed by atoms with van der Waals surface area (Å²) in [4.78, 5) is 23.7. The zero-order valence-electron chi connectivity index (χ0n) is 13.3. The number of amides is 1. The van der Waals surface area contributed by atoms with Crippen LogP contribution in [0.5, 0.6) is 0 Å². The molecule has 1 amide bonds. The minimum Gasteiger partial charge on any atom is -0.330 e. The lowest BCUT2D eigenvalue weighted by atomic mass is 10.0. The van der Waals surface area contributed by atoms with E-state index in [4.69, 9.17) is 11.6 Å². The van der Waals surface area contributed by atoms with Crippen molar-refractivity contribution in [2.45, 2.75) is 18.9 Å². The number of nitrogens with zero attached hydrogens (tertiary/aromatic N) is 3. The van der Waals surface area contributed by atoms with E-state index in [0.717, 1.165) is 40.3 Å². The van der Waals surface area contributed by atoms with Crippen LogP contribution in [0.25, 0.3) is 10.9 Å². The maximum Gasteiger partial charge on any atom is 0.272 e. The van der Waals surface area contributed by atoms with Crippen LogP contribution in [0.1, 0.15) is 34.9 Å². The summed E-state index contributed by atoms with van der Waals surface area (Å²) in [6.45, 7) is 0.739. The van der Waals surface area contributed by atoms with Gasteiger partial charge in [0, 0.05) is 29.3 Å². The van der Waals surface area contributed by atoms with E-state index in [1.54, 1.807) is 18.5 Å². The van der Waals surface area contributed by atoms with Crippen molar-refractivity contribution in [1.82, 2.24) is 14.9 Å². The topological polar surface area (TPSA) is 46.1 Å². The van der Waals surface area contributed by atoms with Crippen molar-refractivity contribution in [2.24, 2.45) is 0 Å². The quantitative estimate of drug-likeness (QED) is 0.589. The van der Waals surface area contributed by atoms with Crippen LogP contribution in [0.4, 0.5) is 0 Å². The molecule has 25 heavy (non-hydrogen) atoms. The fraction of sp³-hybridized carbons (Fsp3) is 0.211. The predicted molar refractivity (Wildman–Crippen MR) is 102 cm³/mol. The molecule has 1 aliphatic rings. The molecule has 1 aliphatic heterocycles. The van der Waals surface area contributed by atoms with Gasteiger partial charge in [0.05, 0.1) is 16.0 Å². The smallest absolute Gasteiger partial charge is 0.272 e. The SMILES string of the molecule is O=C(c1ccc2cncc(Br)c2n1)N1CCC[C@H]1c1ccc(Cl)cc1. The highest BCUT2D eigenvalue weighted by Crippen LogP contribution is 2.33. The highest BCUT2D eigenvalue weighted by molar-refractivity contribution is 9.10. The number of pyridine rings is 2. The molecule has 2 aromatic heterocycles. The minimum absolute atomic E-state index is 0.0388. The molecule has 0 aliphatic carbocycles. The standard InChI is InChI=1S/C19H15BrClN3O/c20-15-11-22-10-13-5-8-16(23-18(13)15)19(25)24-9-1-2-17(24)12-3-6-14(21)7-4-12/h3-8,10-11,17H,1-2,9H2/t17-/m0/s1. The molecule has 1 aromatic carbocycles. The first-order valence-electron chi connectivity index (χ1n) is 8.10. The van der Waals surface area contributed by atoms with Crippen molar-refractivity contribution in [3.8, 4) is 0 Å². The third-order valence-corrected chi connectivity index (χ3v) is 5.37. The van der Waals surface area contributed by atoms with Crippen LogP contribution in [-0.4, -0.2) is 27.3 Å². The number of hydrogen-bond donors (Lipinski definition) is 0. The fourth-order valence-corrected chi connectivity index (χ4v) is 3.88. The van der Waals surface area contributed by atoms with E-state index < -0.39 is 0 Å². The molecule has 3 aromatic rings. The lowest BCUT2D eigenvalue weighted by Gasteiger charge is -2.25. The summed E-state index contributed by atoms with van der Waals surface area (Å²) in [6.07, 6.45) is 5.37. The molecule has 0 spiro atoms. The van der Waals surface area contributed by atoms with Crippen LogP contribution in [0.15, 0.2) is 53.3 Å². The van der Waals surface area contributed by atoms with Crippen molar-refractivity contribution in [3.05, 3.63) is 69.5 Å². The Kier molecular flexibility index (Phi) is 4.44. The van der Waals surface area contributed by atoms with Crippen molar-refractivity contribution in [1.29, 1.82) is 0 Å². The summed E-state index contributed by atoms with van der Waals surface area (Å²) in [6, 6.07) is 11.5. The zero-order valence-corrected chi connectivity index (χ0v) is 15.7. The Bertz CT molecular complexity index is 945. The highest BCUT2D eigenvalue weighted by atomic mass is 79.9. The minimum atomic E-state index is -0.0388. The predicted octanol–water partition coefficient (Wildman–Crippen LogP) is 5.02. The van der Waals surface area contributed by atoms with Crippen molar-refractivity contribution < 1.29 is 4.79 Å². The molecule has 0 radical (unpaired) electrons. The van der Waals surface area contributed by atoms with Crippen molar-refractivity contribution in [2.75, 3.05) is 6.54 Å². The Hall–Kier alpha value is -1.98. The second-order valence-corrected chi connectivity index (χ2v) is 7.39. The van der Waals surface area contributed by atoms with Gasteiger partial charge in [0.25, 0.3) is 5.91 Å². The summed E-state index contributed by atoms with van der Waals surface area (Å²) in [5.74, 6) is -0.0388.